The Bertz CT molecular complexity index is 1490. The molecule has 0 aliphatic carbocycles. The molecule has 2 aromatic heterocycles. The first-order valence-electron chi connectivity index (χ1n) is 12.4. The zero-order valence-electron chi connectivity index (χ0n) is 19.9. The van der Waals surface area contributed by atoms with E-state index in [0.29, 0.717) is 41.8 Å². The highest BCUT2D eigenvalue weighted by atomic mass is 16.2. The normalized spacial score (nSPS) is 17.7. The minimum absolute atomic E-state index is 0.0327. The predicted octanol–water partition coefficient (Wildman–Crippen LogP) is 3.24. The Balaban J connectivity index is 1.25. The number of H-pyrrole nitrogens is 1. The molecule has 8 nitrogen and oxygen atoms in total. The van der Waals surface area contributed by atoms with Crippen LogP contribution < -0.4 is 5.56 Å². The van der Waals surface area contributed by atoms with E-state index in [2.05, 4.69) is 5.10 Å². The molecular formula is C28H27N5O3. The van der Waals surface area contributed by atoms with Gasteiger partial charge in [-0.2, -0.15) is 0 Å². The van der Waals surface area contributed by atoms with Crippen LogP contribution in [-0.2, 0) is 13.0 Å². The number of rotatable bonds is 3. The molecule has 8 heteroatoms. The molecule has 2 amide bonds. The smallest absolute Gasteiger partial charge is 0.277 e. The summed E-state index contributed by atoms with van der Waals surface area (Å²) < 4.78 is 1.49. The van der Waals surface area contributed by atoms with E-state index in [1.165, 1.54) is 4.52 Å². The van der Waals surface area contributed by atoms with Gasteiger partial charge in [0.05, 0.1) is 17.8 Å². The van der Waals surface area contributed by atoms with Crippen LogP contribution in [0.3, 0.4) is 0 Å². The second kappa shape index (κ2) is 9.11. The van der Waals surface area contributed by atoms with Crippen LogP contribution in [0.2, 0.25) is 0 Å². The van der Waals surface area contributed by atoms with Crippen LogP contribution in [0, 0.1) is 0 Å². The third kappa shape index (κ3) is 3.98. The number of fused-ring (bicyclic) bond motifs is 2. The zero-order chi connectivity index (χ0) is 24.6. The van der Waals surface area contributed by atoms with Crippen molar-refractivity contribution in [2.45, 2.75) is 31.7 Å². The van der Waals surface area contributed by atoms with Gasteiger partial charge in [0.2, 0.25) is 0 Å². The van der Waals surface area contributed by atoms with Crippen molar-refractivity contribution >= 4 is 17.5 Å². The number of hydrogen-bond acceptors (Lipinski definition) is 4. The van der Waals surface area contributed by atoms with E-state index in [0.717, 1.165) is 30.8 Å². The molecule has 1 atom stereocenters. The molecule has 2 aromatic carbocycles. The molecule has 1 saturated heterocycles. The molecule has 0 bridgehead atoms. The van der Waals surface area contributed by atoms with Crippen LogP contribution >= 0.6 is 0 Å². The molecule has 6 rings (SSSR count). The number of amides is 2. The van der Waals surface area contributed by atoms with Crippen molar-refractivity contribution in [3.63, 3.8) is 0 Å². The Kier molecular flexibility index (Phi) is 5.64. The van der Waals surface area contributed by atoms with Gasteiger partial charge in [0.1, 0.15) is 0 Å². The average Bonchev–Trinajstić information content (AvgIpc) is 3.38. The van der Waals surface area contributed by atoms with Crippen molar-refractivity contribution in [2.75, 3.05) is 19.6 Å². The molecule has 4 aromatic rings. The van der Waals surface area contributed by atoms with E-state index in [-0.39, 0.29) is 29.8 Å². The van der Waals surface area contributed by atoms with Crippen LogP contribution in [0.15, 0.2) is 71.5 Å². The molecule has 36 heavy (non-hydrogen) atoms. The Morgan fingerprint density at radius 2 is 1.56 bits per heavy atom. The second-order valence-electron chi connectivity index (χ2n) is 9.55. The van der Waals surface area contributed by atoms with Gasteiger partial charge in [-0.05, 0) is 37.1 Å². The summed E-state index contributed by atoms with van der Waals surface area (Å²) in [4.78, 5) is 47.7. The Labute approximate surface area is 208 Å². The van der Waals surface area contributed by atoms with Crippen molar-refractivity contribution in [1.29, 1.82) is 0 Å². The van der Waals surface area contributed by atoms with Crippen molar-refractivity contribution in [1.82, 2.24) is 24.4 Å². The number of benzene rings is 2. The fourth-order valence-corrected chi connectivity index (χ4v) is 5.32. The minimum Gasteiger partial charge on any atom is -0.338 e. The van der Waals surface area contributed by atoms with Gasteiger partial charge in [-0.1, -0.05) is 36.4 Å². The summed E-state index contributed by atoms with van der Waals surface area (Å²) in [6, 6.07) is 20.4. The van der Waals surface area contributed by atoms with Crippen molar-refractivity contribution in [2.24, 2.45) is 0 Å². The number of piperidine rings is 1. The van der Waals surface area contributed by atoms with Crippen molar-refractivity contribution in [3.8, 4) is 0 Å². The van der Waals surface area contributed by atoms with E-state index in [4.69, 9.17) is 4.98 Å². The van der Waals surface area contributed by atoms with Gasteiger partial charge in [-0.15, -0.1) is 0 Å². The number of aromatic nitrogens is 3. The molecular weight excluding hydrogens is 454 g/mol. The number of nitrogens with zero attached hydrogens (tertiary/aromatic N) is 4. The summed E-state index contributed by atoms with van der Waals surface area (Å²) in [7, 11) is 0. The van der Waals surface area contributed by atoms with Gasteiger partial charge in [0.15, 0.2) is 5.65 Å². The van der Waals surface area contributed by atoms with Gasteiger partial charge >= 0.3 is 0 Å². The monoisotopic (exact) mass is 481 g/mol. The van der Waals surface area contributed by atoms with Crippen LogP contribution in [-0.4, -0.2) is 55.8 Å². The summed E-state index contributed by atoms with van der Waals surface area (Å²) in [5.74, 6) is 0.0503. The van der Waals surface area contributed by atoms with E-state index < -0.39 is 0 Å². The van der Waals surface area contributed by atoms with E-state index in [1.54, 1.807) is 17.0 Å². The largest absolute Gasteiger partial charge is 0.338 e. The number of nitrogens with one attached hydrogen (secondary N) is 1. The van der Waals surface area contributed by atoms with Gasteiger partial charge in [-0.25, -0.2) is 9.50 Å². The maximum absolute atomic E-state index is 13.4. The lowest BCUT2D eigenvalue weighted by Gasteiger charge is -2.32. The van der Waals surface area contributed by atoms with Gasteiger partial charge in [0.25, 0.3) is 17.4 Å². The van der Waals surface area contributed by atoms with Crippen LogP contribution in [0.1, 0.15) is 56.4 Å². The first-order valence-corrected chi connectivity index (χ1v) is 12.4. The lowest BCUT2D eigenvalue weighted by atomic mass is 9.94. The average molecular weight is 482 g/mol. The molecule has 1 N–H and O–H groups in total. The van der Waals surface area contributed by atoms with Crippen molar-refractivity contribution in [3.05, 3.63) is 105 Å². The fourth-order valence-electron chi connectivity index (χ4n) is 5.32. The van der Waals surface area contributed by atoms with Crippen LogP contribution in [0.4, 0.5) is 0 Å². The van der Waals surface area contributed by atoms with Crippen LogP contribution in [0.25, 0.3) is 5.65 Å². The van der Waals surface area contributed by atoms with E-state index in [1.807, 2.05) is 59.5 Å². The number of carbonyl (C=O) groups is 2. The lowest BCUT2D eigenvalue weighted by molar-refractivity contribution is 0.0703. The Hall–Kier alpha value is -4.20. The SMILES string of the molecule is O=C(c1ccccc1)N1CCc2nc3cc([C@H]4CCCN(C(=O)c5ccccc5)C4)[nH]n3c(=O)c2C1. The van der Waals surface area contributed by atoms with Gasteiger partial charge < -0.3 is 9.80 Å². The highest BCUT2D eigenvalue weighted by molar-refractivity contribution is 5.94. The number of likely N-dealkylation sites (tertiary alicyclic amines) is 1. The standard InChI is InChI=1S/C28H27N5O3/c34-26(19-8-3-1-4-9-19)31-14-7-12-21(17-31)24-16-25-29-23-13-15-32(18-22(23)28(36)33(25)30-24)27(35)20-10-5-2-6-11-20/h1-6,8-11,16,21,30H,7,12-15,17-18H2/t21-/m0/s1. The van der Waals surface area contributed by atoms with Crippen molar-refractivity contribution < 1.29 is 9.59 Å². The summed E-state index contributed by atoms with van der Waals surface area (Å²) in [5.41, 5.74) is 3.94. The highest BCUT2D eigenvalue weighted by Crippen LogP contribution is 2.28. The number of aromatic amines is 1. The van der Waals surface area contributed by atoms with E-state index >= 15 is 0 Å². The summed E-state index contributed by atoms with van der Waals surface area (Å²) in [5, 5.41) is 3.26. The quantitative estimate of drug-likeness (QED) is 0.486. The topological polar surface area (TPSA) is 90.8 Å². The van der Waals surface area contributed by atoms with E-state index in [9.17, 15) is 14.4 Å². The summed E-state index contributed by atoms with van der Waals surface area (Å²) in [6.45, 7) is 2.09. The molecule has 4 heterocycles. The number of carbonyl (C=O) groups excluding carboxylic acids is 2. The first kappa shape index (κ1) is 22.3. The summed E-state index contributed by atoms with van der Waals surface area (Å²) in [6.07, 6.45) is 2.37. The molecule has 2 aliphatic heterocycles. The Morgan fingerprint density at radius 1 is 0.889 bits per heavy atom. The molecule has 0 radical (unpaired) electrons. The van der Waals surface area contributed by atoms with Gasteiger partial charge in [-0.3, -0.25) is 19.5 Å². The van der Waals surface area contributed by atoms with Gasteiger partial charge in [0, 0.05) is 54.9 Å². The second-order valence-corrected chi connectivity index (χ2v) is 9.55. The molecule has 2 aliphatic rings. The number of hydrogen-bond donors (Lipinski definition) is 1. The lowest BCUT2D eigenvalue weighted by Crippen LogP contribution is -2.40. The molecule has 0 saturated carbocycles. The molecule has 0 spiro atoms. The predicted molar refractivity (Wildman–Crippen MR) is 135 cm³/mol. The third-order valence-electron chi connectivity index (χ3n) is 7.26. The van der Waals surface area contributed by atoms with Crippen LogP contribution in [0.5, 0.6) is 0 Å². The maximum Gasteiger partial charge on any atom is 0.277 e. The molecule has 182 valence electrons. The fraction of sp³-hybridized carbons (Fsp3) is 0.286. The Morgan fingerprint density at radius 3 is 2.25 bits per heavy atom. The molecule has 1 fully saturated rings. The summed E-state index contributed by atoms with van der Waals surface area (Å²) >= 11 is 0. The zero-order valence-corrected chi connectivity index (χ0v) is 19.9. The molecule has 0 unspecified atom stereocenters. The highest BCUT2D eigenvalue weighted by Gasteiger charge is 2.29. The first-order chi connectivity index (χ1) is 17.6. The maximum atomic E-state index is 13.4. The third-order valence-corrected chi connectivity index (χ3v) is 7.26. The minimum atomic E-state index is -0.167.